The fourth-order valence-corrected chi connectivity index (χ4v) is 3.08. The highest BCUT2D eigenvalue weighted by Crippen LogP contribution is 2.21. The molecule has 0 saturated carbocycles. The maximum Gasteiger partial charge on any atom is 0.335 e. The van der Waals surface area contributed by atoms with E-state index in [9.17, 15) is 13.2 Å². The molecule has 2 N–H and O–H groups in total. The highest BCUT2D eigenvalue weighted by molar-refractivity contribution is 9.10. The Labute approximate surface area is 114 Å². The smallest absolute Gasteiger partial charge is 0.335 e. The molecule has 0 bridgehead atoms. The van der Waals surface area contributed by atoms with E-state index >= 15 is 0 Å². The van der Waals surface area contributed by atoms with Crippen molar-refractivity contribution in [2.75, 3.05) is 10.5 Å². The van der Waals surface area contributed by atoms with Crippen LogP contribution in [0.4, 0.5) is 5.69 Å². The van der Waals surface area contributed by atoms with Gasteiger partial charge in [0.15, 0.2) is 0 Å². The Morgan fingerprint density at radius 1 is 1.39 bits per heavy atom. The number of anilines is 1. The van der Waals surface area contributed by atoms with Crippen molar-refractivity contribution in [2.45, 2.75) is 19.8 Å². The predicted molar refractivity (Wildman–Crippen MR) is 73.4 cm³/mol. The summed E-state index contributed by atoms with van der Waals surface area (Å²) in [6, 6.07) is 4.22. The maximum absolute atomic E-state index is 11.7. The molecule has 1 rings (SSSR count). The maximum atomic E-state index is 11.7. The molecule has 0 spiro atoms. The minimum Gasteiger partial charge on any atom is -0.478 e. The predicted octanol–water partition coefficient (Wildman–Crippen LogP) is 2.69. The normalized spacial score (nSPS) is 11.2. The highest BCUT2D eigenvalue weighted by Gasteiger charge is 2.12. The van der Waals surface area contributed by atoms with Crippen molar-refractivity contribution in [3.8, 4) is 0 Å². The number of hydrogen-bond donors (Lipinski definition) is 2. The molecule has 0 saturated heterocycles. The van der Waals surface area contributed by atoms with Gasteiger partial charge >= 0.3 is 5.97 Å². The lowest BCUT2D eigenvalue weighted by Gasteiger charge is -2.08. The first-order chi connectivity index (χ1) is 8.34. The molecule has 0 aliphatic heterocycles. The van der Waals surface area contributed by atoms with E-state index in [0.717, 1.165) is 6.42 Å². The number of rotatable bonds is 6. The fourth-order valence-electron chi connectivity index (χ4n) is 1.34. The van der Waals surface area contributed by atoms with Gasteiger partial charge in [0.25, 0.3) is 0 Å². The quantitative estimate of drug-likeness (QED) is 0.837. The van der Waals surface area contributed by atoms with Crippen LogP contribution in [0.15, 0.2) is 22.7 Å². The number of halogens is 1. The molecule has 0 aliphatic carbocycles. The van der Waals surface area contributed by atoms with Crippen molar-refractivity contribution in [2.24, 2.45) is 0 Å². The molecule has 100 valence electrons. The Hall–Kier alpha value is -1.08. The molecule has 0 aromatic heterocycles. The Morgan fingerprint density at radius 3 is 2.61 bits per heavy atom. The lowest BCUT2D eigenvalue weighted by Crippen LogP contribution is -2.16. The lowest BCUT2D eigenvalue weighted by atomic mass is 10.2. The van der Waals surface area contributed by atoms with E-state index in [4.69, 9.17) is 5.11 Å². The lowest BCUT2D eigenvalue weighted by molar-refractivity contribution is 0.0697. The molecular formula is C11H14BrNO4S. The van der Waals surface area contributed by atoms with Crippen molar-refractivity contribution in [3.05, 3.63) is 28.2 Å². The summed E-state index contributed by atoms with van der Waals surface area (Å²) >= 11 is 3.14. The highest BCUT2D eigenvalue weighted by atomic mass is 79.9. The van der Waals surface area contributed by atoms with Crippen LogP contribution in [-0.4, -0.2) is 25.2 Å². The summed E-state index contributed by atoms with van der Waals surface area (Å²) in [5.41, 5.74) is 0.274. The van der Waals surface area contributed by atoms with Gasteiger partial charge in [0.2, 0.25) is 10.0 Å². The van der Waals surface area contributed by atoms with Gasteiger partial charge in [-0.15, -0.1) is 0 Å². The number of carboxylic acids is 1. The van der Waals surface area contributed by atoms with Gasteiger partial charge in [-0.05, 0) is 24.6 Å². The Balaban J connectivity index is 2.94. The zero-order chi connectivity index (χ0) is 13.8. The van der Waals surface area contributed by atoms with E-state index in [1.165, 1.54) is 18.2 Å². The summed E-state index contributed by atoms with van der Waals surface area (Å²) < 4.78 is 26.2. The first-order valence-corrected chi connectivity index (χ1v) is 7.83. The van der Waals surface area contributed by atoms with Crippen LogP contribution in [0.25, 0.3) is 0 Å². The molecule has 0 fully saturated rings. The average molecular weight is 336 g/mol. The molecule has 0 unspecified atom stereocenters. The third-order valence-corrected chi connectivity index (χ3v) is 4.02. The molecule has 1 aromatic rings. The number of hydrogen-bond acceptors (Lipinski definition) is 3. The van der Waals surface area contributed by atoms with Gasteiger partial charge in [-0.25, -0.2) is 13.2 Å². The first-order valence-electron chi connectivity index (χ1n) is 5.38. The van der Waals surface area contributed by atoms with Gasteiger partial charge in [0.1, 0.15) is 0 Å². The summed E-state index contributed by atoms with van der Waals surface area (Å²) in [5.74, 6) is -1.08. The molecule has 0 radical (unpaired) electrons. The van der Waals surface area contributed by atoms with Crippen molar-refractivity contribution in [1.82, 2.24) is 0 Å². The standard InChI is InChI=1S/C11H14BrNO4S/c1-2-3-4-18(16,17)13-10-6-8(11(14)15)5-9(12)7-10/h5-7,13H,2-4H2,1H3,(H,14,15). The van der Waals surface area contributed by atoms with Crippen LogP contribution in [-0.2, 0) is 10.0 Å². The van der Waals surface area contributed by atoms with Crippen LogP contribution in [0, 0.1) is 0 Å². The summed E-state index contributed by atoms with van der Waals surface area (Å²) in [6.45, 7) is 1.90. The fraction of sp³-hybridized carbons (Fsp3) is 0.364. The number of nitrogens with one attached hydrogen (secondary N) is 1. The molecule has 18 heavy (non-hydrogen) atoms. The van der Waals surface area contributed by atoms with Crippen LogP contribution >= 0.6 is 15.9 Å². The minimum absolute atomic E-state index is 0.0255. The third-order valence-electron chi connectivity index (χ3n) is 2.18. The number of benzene rings is 1. The van der Waals surface area contributed by atoms with Gasteiger partial charge < -0.3 is 5.11 Å². The van der Waals surface area contributed by atoms with E-state index in [0.29, 0.717) is 10.9 Å². The summed E-state index contributed by atoms with van der Waals surface area (Å²) in [7, 11) is -3.42. The van der Waals surface area contributed by atoms with Crippen LogP contribution in [0.2, 0.25) is 0 Å². The molecular weight excluding hydrogens is 322 g/mol. The summed E-state index contributed by atoms with van der Waals surface area (Å²) in [4.78, 5) is 10.8. The van der Waals surface area contributed by atoms with Crippen molar-refractivity contribution < 1.29 is 18.3 Å². The Morgan fingerprint density at radius 2 is 2.06 bits per heavy atom. The van der Waals surface area contributed by atoms with E-state index in [-0.39, 0.29) is 17.0 Å². The largest absolute Gasteiger partial charge is 0.478 e. The number of aromatic carboxylic acids is 1. The summed E-state index contributed by atoms with van der Waals surface area (Å²) in [5, 5.41) is 8.88. The second-order valence-electron chi connectivity index (χ2n) is 3.81. The number of carboxylic acid groups (broad SMARTS) is 1. The molecule has 0 atom stereocenters. The SMILES string of the molecule is CCCCS(=O)(=O)Nc1cc(Br)cc(C(=O)O)c1. The molecule has 0 amide bonds. The van der Waals surface area contributed by atoms with Gasteiger partial charge in [-0.3, -0.25) is 4.72 Å². The first kappa shape index (κ1) is 15.0. The number of unbranched alkanes of at least 4 members (excludes halogenated alkanes) is 1. The second-order valence-corrected chi connectivity index (χ2v) is 6.57. The van der Waals surface area contributed by atoms with E-state index in [2.05, 4.69) is 20.7 Å². The topological polar surface area (TPSA) is 83.5 Å². The molecule has 1 aromatic carbocycles. The van der Waals surface area contributed by atoms with Gasteiger partial charge in [-0.1, -0.05) is 29.3 Å². The zero-order valence-corrected chi connectivity index (χ0v) is 12.2. The van der Waals surface area contributed by atoms with Crippen LogP contribution in [0.1, 0.15) is 30.1 Å². The number of carbonyl (C=O) groups is 1. The van der Waals surface area contributed by atoms with E-state index in [1.54, 1.807) is 0 Å². The monoisotopic (exact) mass is 335 g/mol. The molecule has 7 heteroatoms. The van der Waals surface area contributed by atoms with Crippen LogP contribution < -0.4 is 4.72 Å². The Kier molecular flexibility index (Phi) is 5.15. The van der Waals surface area contributed by atoms with E-state index < -0.39 is 16.0 Å². The van der Waals surface area contributed by atoms with Crippen molar-refractivity contribution >= 4 is 37.6 Å². The molecule has 0 aliphatic rings. The van der Waals surface area contributed by atoms with Gasteiger partial charge in [-0.2, -0.15) is 0 Å². The molecule has 5 nitrogen and oxygen atoms in total. The van der Waals surface area contributed by atoms with Crippen LogP contribution in [0.5, 0.6) is 0 Å². The summed E-state index contributed by atoms with van der Waals surface area (Å²) in [6.07, 6.45) is 1.34. The van der Waals surface area contributed by atoms with E-state index in [1.807, 2.05) is 6.92 Å². The average Bonchev–Trinajstić information content (AvgIpc) is 2.25. The minimum atomic E-state index is -3.42. The molecule has 0 heterocycles. The van der Waals surface area contributed by atoms with Gasteiger partial charge in [0, 0.05) is 4.47 Å². The van der Waals surface area contributed by atoms with Crippen molar-refractivity contribution in [1.29, 1.82) is 0 Å². The zero-order valence-electron chi connectivity index (χ0n) is 9.81. The van der Waals surface area contributed by atoms with Crippen LogP contribution in [0.3, 0.4) is 0 Å². The van der Waals surface area contributed by atoms with Crippen molar-refractivity contribution in [3.63, 3.8) is 0 Å². The van der Waals surface area contributed by atoms with Gasteiger partial charge in [0.05, 0.1) is 17.0 Å². The third kappa shape index (κ3) is 4.66. The second kappa shape index (κ2) is 6.19. The Bertz CT molecular complexity index is 542. The number of sulfonamides is 1.